The lowest BCUT2D eigenvalue weighted by Crippen LogP contribution is -2.35. The van der Waals surface area contributed by atoms with Crippen molar-refractivity contribution in [2.45, 2.75) is 54.1 Å². The highest BCUT2D eigenvalue weighted by molar-refractivity contribution is 5.93. The van der Waals surface area contributed by atoms with Crippen LogP contribution in [-0.2, 0) is 29.7 Å². The summed E-state index contributed by atoms with van der Waals surface area (Å²) in [6, 6.07) is 1.83. The molecule has 1 amide bonds. The molecule has 2 aromatic heterocycles. The lowest BCUT2D eigenvalue weighted by Gasteiger charge is -2.23. The molecule has 0 bridgehead atoms. The van der Waals surface area contributed by atoms with E-state index in [0.717, 1.165) is 29.1 Å². The monoisotopic (exact) mass is 401 g/mol. The molecule has 1 aliphatic rings. The molecule has 0 aromatic carbocycles. The zero-order valence-corrected chi connectivity index (χ0v) is 18.2. The number of aryl methyl sites for hydroxylation is 4. The SMILES string of the molecule is CCOC(=O)C1CC1CN(Cc1c(C)nn(C)c1C)C(=O)c1cc(C)nn1CC. The van der Waals surface area contributed by atoms with Crippen LogP contribution in [0.5, 0.6) is 0 Å². The van der Waals surface area contributed by atoms with Crippen molar-refractivity contribution in [3.05, 3.63) is 34.4 Å². The Hall–Kier alpha value is -2.64. The predicted octanol–water partition coefficient (Wildman–Crippen LogP) is 2.40. The molecule has 0 radical (unpaired) electrons. The maximum Gasteiger partial charge on any atom is 0.309 e. The first kappa shape index (κ1) is 21.1. The minimum atomic E-state index is -0.159. The van der Waals surface area contributed by atoms with Crippen molar-refractivity contribution in [3.8, 4) is 0 Å². The van der Waals surface area contributed by atoms with Crippen molar-refractivity contribution in [3.63, 3.8) is 0 Å². The van der Waals surface area contributed by atoms with Gasteiger partial charge in [-0.05, 0) is 53.0 Å². The zero-order valence-electron chi connectivity index (χ0n) is 18.2. The van der Waals surface area contributed by atoms with Crippen LogP contribution in [0, 0.1) is 32.6 Å². The minimum Gasteiger partial charge on any atom is -0.466 e. The Morgan fingerprint density at radius 2 is 1.97 bits per heavy atom. The molecule has 3 rings (SSSR count). The Kier molecular flexibility index (Phi) is 6.10. The van der Waals surface area contributed by atoms with E-state index in [2.05, 4.69) is 10.2 Å². The standard InChI is InChI=1S/C21H31N5O3/c1-7-26-19(9-13(3)22-26)20(27)25(11-16-10-17(16)21(28)29-8-2)12-18-14(4)23-24(6)15(18)5/h9,16-17H,7-8,10-12H2,1-6H3. The Labute approximate surface area is 171 Å². The number of esters is 1. The van der Waals surface area contributed by atoms with Gasteiger partial charge in [-0.1, -0.05) is 0 Å². The van der Waals surface area contributed by atoms with Gasteiger partial charge in [0, 0.05) is 37.9 Å². The van der Waals surface area contributed by atoms with Crippen molar-refractivity contribution < 1.29 is 14.3 Å². The number of hydrogen-bond donors (Lipinski definition) is 0. The van der Waals surface area contributed by atoms with E-state index >= 15 is 0 Å². The highest BCUT2D eigenvalue weighted by Crippen LogP contribution is 2.40. The molecule has 2 unspecified atom stereocenters. The average molecular weight is 402 g/mol. The van der Waals surface area contributed by atoms with Gasteiger partial charge in [-0.2, -0.15) is 10.2 Å². The topological polar surface area (TPSA) is 82.2 Å². The number of ether oxygens (including phenoxy) is 1. The molecule has 2 atom stereocenters. The zero-order chi connectivity index (χ0) is 21.3. The molecule has 1 aliphatic carbocycles. The number of rotatable bonds is 8. The van der Waals surface area contributed by atoms with Gasteiger partial charge in [0.15, 0.2) is 0 Å². The van der Waals surface area contributed by atoms with Crippen molar-refractivity contribution in [1.29, 1.82) is 0 Å². The lowest BCUT2D eigenvalue weighted by atomic mass is 10.1. The van der Waals surface area contributed by atoms with Crippen molar-refractivity contribution in [2.75, 3.05) is 13.2 Å². The summed E-state index contributed by atoms with van der Waals surface area (Å²) in [6.45, 7) is 11.6. The van der Waals surface area contributed by atoms with E-state index < -0.39 is 0 Å². The molecule has 0 N–H and O–H groups in total. The molecule has 1 saturated carbocycles. The number of nitrogens with zero attached hydrogens (tertiary/aromatic N) is 5. The van der Waals surface area contributed by atoms with Gasteiger partial charge in [0.25, 0.3) is 5.91 Å². The second-order valence-corrected chi connectivity index (χ2v) is 7.80. The smallest absolute Gasteiger partial charge is 0.309 e. The maximum absolute atomic E-state index is 13.5. The van der Waals surface area contributed by atoms with E-state index in [9.17, 15) is 9.59 Å². The van der Waals surface area contributed by atoms with E-state index in [1.807, 2.05) is 57.3 Å². The van der Waals surface area contributed by atoms with Crippen molar-refractivity contribution in [1.82, 2.24) is 24.5 Å². The van der Waals surface area contributed by atoms with E-state index in [0.29, 0.717) is 31.9 Å². The summed E-state index contributed by atoms with van der Waals surface area (Å²) < 4.78 is 8.73. The Morgan fingerprint density at radius 1 is 1.24 bits per heavy atom. The molecule has 0 spiro atoms. The summed E-state index contributed by atoms with van der Waals surface area (Å²) in [5.74, 6) is -0.203. The molecule has 0 aliphatic heterocycles. The van der Waals surface area contributed by atoms with Gasteiger partial charge in [-0.3, -0.25) is 19.0 Å². The van der Waals surface area contributed by atoms with Crippen LogP contribution in [-0.4, -0.2) is 49.5 Å². The Balaban J connectivity index is 1.85. The Morgan fingerprint density at radius 3 is 2.55 bits per heavy atom. The second-order valence-electron chi connectivity index (χ2n) is 7.80. The fraction of sp³-hybridized carbons (Fsp3) is 0.619. The van der Waals surface area contributed by atoms with Crippen LogP contribution >= 0.6 is 0 Å². The molecule has 158 valence electrons. The number of aromatic nitrogens is 4. The van der Waals surface area contributed by atoms with Gasteiger partial charge in [-0.25, -0.2) is 0 Å². The summed E-state index contributed by atoms with van der Waals surface area (Å²) >= 11 is 0. The van der Waals surface area contributed by atoms with Crippen LogP contribution in [0.3, 0.4) is 0 Å². The number of carbonyl (C=O) groups is 2. The van der Waals surface area contributed by atoms with Crippen LogP contribution in [0.4, 0.5) is 0 Å². The quantitative estimate of drug-likeness (QED) is 0.635. The molecule has 1 fully saturated rings. The van der Waals surface area contributed by atoms with Crippen LogP contribution < -0.4 is 0 Å². The van der Waals surface area contributed by atoms with Crippen molar-refractivity contribution in [2.24, 2.45) is 18.9 Å². The predicted molar refractivity (Wildman–Crippen MR) is 108 cm³/mol. The summed E-state index contributed by atoms with van der Waals surface area (Å²) in [5, 5.41) is 8.90. The third-order valence-electron chi connectivity index (χ3n) is 5.68. The fourth-order valence-electron chi connectivity index (χ4n) is 3.85. The highest BCUT2D eigenvalue weighted by atomic mass is 16.5. The second kappa shape index (κ2) is 8.39. The van der Waals surface area contributed by atoms with Crippen LogP contribution in [0.2, 0.25) is 0 Å². The van der Waals surface area contributed by atoms with Gasteiger partial charge in [0.1, 0.15) is 5.69 Å². The molecule has 2 heterocycles. The maximum atomic E-state index is 13.5. The average Bonchev–Trinajstić information content (AvgIpc) is 3.28. The summed E-state index contributed by atoms with van der Waals surface area (Å²) in [5.41, 5.74) is 4.41. The van der Waals surface area contributed by atoms with Gasteiger partial charge in [0.05, 0.1) is 23.9 Å². The first-order valence-electron chi connectivity index (χ1n) is 10.3. The van der Waals surface area contributed by atoms with Crippen LogP contribution in [0.15, 0.2) is 6.07 Å². The van der Waals surface area contributed by atoms with E-state index in [4.69, 9.17) is 4.74 Å². The van der Waals surface area contributed by atoms with E-state index in [-0.39, 0.29) is 23.7 Å². The van der Waals surface area contributed by atoms with Crippen molar-refractivity contribution >= 4 is 11.9 Å². The van der Waals surface area contributed by atoms with Gasteiger partial charge >= 0.3 is 5.97 Å². The van der Waals surface area contributed by atoms with Gasteiger partial charge in [0.2, 0.25) is 0 Å². The molecular formula is C21H31N5O3. The first-order chi connectivity index (χ1) is 13.8. The van der Waals surface area contributed by atoms with Gasteiger partial charge in [-0.15, -0.1) is 0 Å². The van der Waals surface area contributed by atoms with Gasteiger partial charge < -0.3 is 9.64 Å². The third-order valence-corrected chi connectivity index (χ3v) is 5.68. The van der Waals surface area contributed by atoms with E-state index in [1.165, 1.54) is 0 Å². The summed E-state index contributed by atoms with van der Waals surface area (Å²) in [7, 11) is 1.91. The molecule has 0 saturated heterocycles. The molecule has 8 nitrogen and oxygen atoms in total. The summed E-state index contributed by atoms with van der Waals surface area (Å²) in [4.78, 5) is 27.4. The number of hydrogen-bond acceptors (Lipinski definition) is 5. The molecule has 29 heavy (non-hydrogen) atoms. The third kappa shape index (κ3) is 4.36. The number of amides is 1. The highest BCUT2D eigenvalue weighted by Gasteiger charge is 2.45. The normalized spacial score (nSPS) is 18.0. The molecule has 8 heteroatoms. The number of carbonyl (C=O) groups excluding carboxylic acids is 2. The molecular weight excluding hydrogens is 370 g/mol. The minimum absolute atomic E-state index is 0.0652. The Bertz CT molecular complexity index is 914. The fourth-order valence-corrected chi connectivity index (χ4v) is 3.85. The molecule has 2 aromatic rings. The summed E-state index contributed by atoms with van der Waals surface area (Å²) in [6.07, 6.45) is 0.764. The van der Waals surface area contributed by atoms with Crippen LogP contribution in [0.25, 0.3) is 0 Å². The largest absolute Gasteiger partial charge is 0.466 e. The lowest BCUT2D eigenvalue weighted by molar-refractivity contribution is -0.145. The van der Waals surface area contributed by atoms with Crippen LogP contribution in [0.1, 0.15) is 53.4 Å². The first-order valence-corrected chi connectivity index (χ1v) is 10.3. The van der Waals surface area contributed by atoms with E-state index in [1.54, 1.807) is 4.68 Å².